The molecule has 0 unspecified atom stereocenters. The summed E-state index contributed by atoms with van der Waals surface area (Å²) < 4.78 is 2.12. The Bertz CT molecular complexity index is 2110. The number of aliphatic imine (C=N–C) groups is 2. The van der Waals surface area contributed by atoms with Gasteiger partial charge in [0.15, 0.2) is 0 Å². The molecule has 0 aliphatic carbocycles. The molecule has 0 radical (unpaired) electrons. The first-order valence-corrected chi connectivity index (χ1v) is 14.5. The molecule has 0 N–H and O–H groups in total. The quantitative estimate of drug-likeness (QED) is 0.121. The first-order valence-electron chi connectivity index (χ1n) is 14.5. The zero-order chi connectivity index (χ0) is 30.6. The topological polar surface area (TPSA) is 58.2 Å². The summed E-state index contributed by atoms with van der Waals surface area (Å²) in [6.07, 6.45) is 4.29. The zero-order valence-electron chi connectivity index (χ0n) is 25.1. The summed E-state index contributed by atoms with van der Waals surface area (Å²) in [5, 5.41) is 1.01. The monoisotopic (exact) mass is 574 g/mol. The van der Waals surface area contributed by atoms with Crippen LogP contribution in [-0.4, -0.2) is 34.3 Å². The van der Waals surface area contributed by atoms with Crippen LogP contribution in [0.5, 0.6) is 0 Å². The van der Waals surface area contributed by atoms with Crippen molar-refractivity contribution in [3.63, 3.8) is 0 Å². The Morgan fingerprint density at radius 3 is 2.23 bits per heavy atom. The molecule has 44 heavy (non-hydrogen) atoms. The van der Waals surface area contributed by atoms with E-state index in [0.29, 0.717) is 13.1 Å². The molecule has 2 heterocycles. The third-order valence-corrected chi connectivity index (χ3v) is 7.66. The van der Waals surface area contributed by atoms with Crippen LogP contribution in [-0.2, 0) is 6.54 Å². The minimum Gasteiger partial charge on any atom is -0.361 e. The summed E-state index contributed by atoms with van der Waals surface area (Å²) in [6.45, 7) is 17.6. The van der Waals surface area contributed by atoms with Crippen molar-refractivity contribution in [3.05, 3.63) is 138 Å². The van der Waals surface area contributed by atoms with Crippen LogP contribution in [0.1, 0.15) is 25.2 Å². The number of hydrogen-bond donors (Lipinski definition) is 0. The summed E-state index contributed by atoms with van der Waals surface area (Å²) in [4.78, 5) is 20.8. The van der Waals surface area contributed by atoms with Crippen molar-refractivity contribution in [1.29, 1.82) is 0 Å². The van der Waals surface area contributed by atoms with E-state index < -0.39 is 0 Å². The molecular weight excluding hydrogens is 540 g/mol. The number of hydrogen-bond acceptors (Lipinski definition) is 5. The molecule has 6 heteroatoms. The normalized spacial score (nSPS) is 12.1. The predicted octanol–water partition coefficient (Wildman–Crippen LogP) is 9.31. The summed E-state index contributed by atoms with van der Waals surface area (Å²) in [5.74, 6) is 0.777. The number of para-hydroxylation sites is 6. The summed E-state index contributed by atoms with van der Waals surface area (Å²) in [7, 11) is 0. The van der Waals surface area contributed by atoms with Gasteiger partial charge in [-0.05, 0) is 81.4 Å². The Morgan fingerprint density at radius 1 is 0.773 bits per heavy atom. The Balaban J connectivity index is 1.35. The number of nitrogens with zero attached hydrogens (tertiary/aromatic N) is 6. The van der Waals surface area contributed by atoms with Gasteiger partial charge < -0.3 is 4.90 Å². The maximum absolute atomic E-state index is 5.05. The SMILES string of the molecule is C=Nc1ccccc1CN(C/C(C)=C/C(C)=C\C(=C)c1nc2ccccc2c2nc3ccccc3n12)c1ccccc1N=C. The molecule has 0 fully saturated rings. The molecule has 0 bridgehead atoms. The van der Waals surface area contributed by atoms with Gasteiger partial charge in [0, 0.05) is 24.0 Å². The fourth-order valence-corrected chi connectivity index (χ4v) is 5.77. The van der Waals surface area contributed by atoms with Gasteiger partial charge in [-0.1, -0.05) is 78.4 Å². The molecule has 0 atom stereocenters. The Hall–Kier alpha value is -5.62. The molecule has 0 saturated carbocycles. The van der Waals surface area contributed by atoms with E-state index in [1.165, 1.54) is 5.57 Å². The zero-order valence-corrected chi connectivity index (χ0v) is 25.1. The van der Waals surface area contributed by atoms with E-state index in [2.05, 4.69) is 89.6 Å². The first kappa shape index (κ1) is 28.5. The van der Waals surface area contributed by atoms with Gasteiger partial charge in [0.2, 0.25) is 0 Å². The Morgan fingerprint density at radius 2 is 1.43 bits per heavy atom. The molecule has 6 nitrogen and oxygen atoms in total. The lowest BCUT2D eigenvalue weighted by atomic mass is 10.1. The highest BCUT2D eigenvalue weighted by molar-refractivity contribution is 5.98. The van der Waals surface area contributed by atoms with Crippen LogP contribution in [0.15, 0.2) is 137 Å². The lowest BCUT2D eigenvalue weighted by Gasteiger charge is -2.27. The summed E-state index contributed by atoms with van der Waals surface area (Å²) in [5.41, 5.74) is 10.6. The van der Waals surface area contributed by atoms with Crippen molar-refractivity contribution in [1.82, 2.24) is 14.4 Å². The highest BCUT2D eigenvalue weighted by Crippen LogP contribution is 2.32. The van der Waals surface area contributed by atoms with E-state index in [0.717, 1.165) is 67.2 Å². The highest BCUT2D eigenvalue weighted by Gasteiger charge is 2.16. The number of rotatable bonds is 10. The van der Waals surface area contributed by atoms with Crippen LogP contribution in [0.4, 0.5) is 17.1 Å². The maximum Gasteiger partial charge on any atom is 0.149 e. The van der Waals surface area contributed by atoms with Gasteiger partial charge in [0.1, 0.15) is 11.5 Å². The number of imidazole rings is 1. The van der Waals surface area contributed by atoms with E-state index in [4.69, 9.17) is 9.97 Å². The number of anilines is 1. The molecule has 2 aromatic heterocycles. The molecule has 0 aliphatic rings. The van der Waals surface area contributed by atoms with Gasteiger partial charge in [-0.3, -0.25) is 14.4 Å². The number of allylic oxidation sites excluding steroid dienone is 4. The van der Waals surface area contributed by atoms with E-state index in [1.807, 2.05) is 72.8 Å². The highest BCUT2D eigenvalue weighted by atomic mass is 15.1. The lowest BCUT2D eigenvalue weighted by Crippen LogP contribution is -2.25. The van der Waals surface area contributed by atoms with Crippen molar-refractivity contribution >= 4 is 63.7 Å². The van der Waals surface area contributed by atoms with E-state index >= 15 is 0 Å². The van der Waals surface area contributed by atoms with Crippen LogP contribution in [0.3, 0.4) is 0 Å². The van der Waals surface area contributed by atoms with Gasteiger partial charge in [-0.2, -0.15) is 0 Å². The molecular formula is C38H34N6. The standard InChI is InChI=1S/C38H34N6/c1-26(22-27(2)24-43(35-20-12-10-18-33(35)40-5)25-29-14-6-8-16-31(29)39-4)23-28(3)37-41-32-17-9-7-15-30(32)38-42-34-19-11-13-21-36(34)44(37)38/h6-23H,3-5,24-25H2,1-2H3/b26-23-,27-22+. The number of aromatic nitrogens is 3. The smallest absolute Gasteiger partial charge is 0.149 e. The predicted molar refractivity (Wildman–Crippen MR) is 187 cm³/mol. The largest absolute Gasteiger partial charge is 0.361 e. The van der Waals surface area contributed by atoms with Crippen molar-refractivity contribution < 1.29 is 0 Å². The molecule has 0 aliphatic heterocycles. The summed E-state index contributed by atoms with van der Waals surface area (Å²) in [6, 6.07) is 32.4. The fourth-order valence-electron chi connectivity index (χ4n) is 5.77. The van der Waals surface area contributed by atoms with Crippen LogP contribution in [0.2, 0.25) is 0 Å². The molecule has 0 amide bonds. The van der Waals surface area contributed by atoms with Gasteiger partial charge in [-0.15, -0.1) is 0 Å². The maximum atomic E-state index is 5.05. The molecule has 4 aromatic carbocycles. The van der Waals surface area contributed by atoms with E-state index in [9.17, 15) is 0 Å². The third kappa shape index (κ3) is 5.57. The van der Waals surface area contributed by atoms with Crippen molar-refractivity contribution in [2.45, 2.75) is 20.4 Å². The Labute approximate surface area is 257 Å². The van der Waals surface area contributed by atoms with Gasteiger partial charge in [0.25, 0.3) is 0 Å². The lowest BCUT2D eigenvalue weighted by molar-refractivity contribution is 0.843. The number of benzene rings is 4. The van der Waals surface area contributed by atoms with Crippen molar-refractivity contribution in [2.24, 2.45) is 9.98 Å². The van der Waals surface area contributed by atoms with Gasteiger partial charge in [0.05, 0.1) is 33.6 Å². The van der Waals surface area contributed by atoms with E-state index in [1.54, 1.807) is 0 Å². The molecule has 0 spiro atoms. The minimum absolute atomic E-state index is 0.648. The molecule has 0 saturated heterocycles. The second-order valence-electron chi connectivity index (χ2n) is 10.9. The van der Waals surface area contributed by atoms with Crippen LogP contribution < -0.4 is 4.90 Å². The molecule has 6 rings (SSSR count). The Kier molecular flexibility index (Phi) is 7.98. The first-order chi connectivity index (χ1) is 21.5. The molecule has 216 valence electrons. The van der Waals surface area contributed by atoms with Crippen LogP contribution in [0, 0.1) is 0 Å². The van der Waals surface area contributed by atoms with Crippen LogP contribution in [0.25, 0.3) is 33.2 Å². The second kappa shape index (κ2) is 12.3. The average molecular weight is 575 g/mol. The second-order valence-corrected chi connectivity index (χ2v) is 10.9. The van der Waals surface area contributed by atoms with Crippen LogP contribution >= 0.6 is 0 Å². The fraction of sp³-hybridized carbons (Fsp3) is 0.105. The van der Waals surface area contributed by atoms with Gasteiger partial charge in [-0.25, -0.2) is 9.97 Å². The van der Waals surface area contributed by atoms with Crippen molar-refractivity contribution in [3.8, 4) is 0 Å². The van der Waals surface area contributed by atoms with Crippen molar-refractivity contribution in [2.75, 3.05) is 11.4 Å². The molecule has 6 aromatic rings. The van der Waals surface area contributed by atoms with E-state index in [-0.39, 0.29) is 0 Å². The number of fused-ring (bicyclic) bond motifs is 5. The average Bonchev–Trinajstić information content (AvgIpc) is 3.44. The third-order valence-electron chi connectivity index (χ3n) is 7.66. The minimum atomic E-state index is 0.648. The summed E-state index contributed by atoms with van der Waals surface area (Å²) >= 11 is 0. The van der Waals surface area contributed by atoms with Gasteiger partial charge >= 0.3 is 0 Å².